The molecule has 0 radical (unpaired) electrons. The Morgan fingerprint density at radius 3 is 2.84 bits per heavy atom. The predicted molar refractivity (Wildman–Crippen MR) is 77.0 cm³/mol. The smallest absolute Gasteiger partial charge is 0.137 e. The van der Waals surface area contributed by atoms with Crippen LogP contribution in [0.2, 0.25) is 0 Å². The average molecular weight is 260 g/mol. The zero-order valence-electron chi connectivity index (χ0n) is 11.8. The van der Waals surface area contributed by atoms with Gasteiger partial charge in [-0.3, -0.25) is 9.78 Å². The molecule has 1 aromatic heterocycles. The second kappa shape index (κ2) is 7.39. The molecule has 1 aliphatic rings. The highest BCUT2D eigenvalue weighted by Gasteiger charge is 2.21. The largest absolute Gasteiger partial charge is 0.305 e. The number of likely N-dealkylation sites (N-methyl/N-ethyl adjacent to an activating group) is 1. The van der Waals surface area contributed by atoms with Crippen molar-refractivity contribution in [3.63, 3.8) is 0 Å². The quantitative estimate of drug-likeness (QED) is 0.763. The Balaban J connectivity index is 1.77. The minimum Gasteiger partial charge on any atom is -0.305 e. The summed E-state index contributed by atoms with van der Waals surface area (Å²) in [4.78, 5) is 18.3. The Bertz CT molecular complexity index is 391. The standard InChI is InChI=1S/C16H24N2O/c1-18(12-9-14-7-10-17-11-8-14)13-15-5-3-2-4-6-16(15)19/h7-8,10-11,15H,2-6,9,12-13H2,1H3. The molecule has 19 heavy (non-hydrogen) atoms. The molecule has 0 amide bonds. The van der Waals surface area contributed by atoms with E-state index in [0.717, 1.165) is 38.8 Å². The van der Waals surface area contributed by atoms with Gasteiger partial charge in [-0.15, -0.1) is 0 Å². The van der Waals surface area contributed by atoms with Crippen molar-refractivity contribution in [3.05, 3.63) is 30.1 Å². The summed E-state index contributed by atoms with van der Waals surface area (Å²) in [6.07, 6.45) is 10.1. The molecule has 0 aliphatic heterocycles. The van der Waals surface area contributed by atoms with Crippen LogP contribution in [0.25, 0.3) is 0 Å². The molecule has 0 saturated heterocycles. The third-order valence-corrected chi connectivity index (χ3v) is 3.99. The number of aromatic nitrogens is 1. The van der Waals surface area contributed by atoms with Gasteiger partial charge in [0.25, 0.3) is 0 Å². The number of carbonyl (C=O) groups is 1. The van der Waals surface area contributed by atoms with Crippen LogP contribution < -0.4 is 0 Å². The number of pyridine rings is 1. The molecule has 0 N–H and O–H groups in total. The van der Waals surface area contributed by atoms with E-state index in [-0.39, 0.29) is 5.92 Å². The van der Waals surface area contributed by atoms with Gasteiger partial charge in [-0.2, -0.15) is 0 Å². The first-order valence-electron chi connectivity index (χ1n) is 7.36. The summed E-state index contributed by atoms with van der Waals surface area (Å²) in [6.45, 7) is 1.93. The molecule has 3 heteroatoms. The minimum atomic E-state index is 0.268. The van der Waals surface area contributed by atoms with E-state index in [1.807, 2.05) is 12.4 Å². The fourth-order valence-electron chi connectivity index (χ4n) is 2.76. The van der Waals surface area contributed by atoms with E-state index in [4.69, 9.17) is 0 Å². The maximum Gasteiger partial charge on any atom is 0.137 e. The third-order valence-electron chi connectivity index (χ3n) is 3.99. The van der Waals surface area contributed by atoms with E-state index in [2.05, 4.69) is 29.1 Å². The lowest BCUT2D eigenvalue weighted by molar-refractivity contribution is -0.123. The summed E-state index contributed by atoms with van der Waals surface area (Å²) in [5.41, 5.74) is 1.31. The van der Waals surface area contributed by atoms with Gasteiger partial charge in [-0.25, -0.2) is 0 Å². The first-order chi connectivity index (χ1) is 9.25. The van der Waals surface area contributed by atoms with Crippen molar-refractivity contribution in [1.29, 1.82) is 0 Å². The zero-order chi connectivity index (χ0) is 13.5. The summed E-state index contributed by atoms with van der Waals surface area (Å²) in [6, 6.07) is 4.12. The van der Waals surface area contributed by atoms with Crippen LogP contribution in [0.5, 0.6) is 0 Å². The monoisotopic (exact) mass is 260 g/mol. The first kappa shape index (κ1) is 14.2. The normalized spacial score (nSPS) is 20.5. The SMILES string of the molecule is CN(CCc1ccncc1)CC1CCCCCC1=O. The molecule has 1 heterocycles. The molecule has 3 nitrogen and oxygen atoms in total. The lowest BCUT2D eigenvalue weighted by atomic mass is 9.98. The van der Waals surface area contributed by atoms with Crippen molar-refractivity contribution in [2.45, 2.75) is 38.5 Å². The highest BCUT2D eigenvalue weighted by molar-refractivity contribution is 5.81. The van der Waals surface area contributed by atoms with Gasteiger partial charge in [-0.1, -0.05) is 12.8 Å². The van der Waals surface area contributed by atoms with Crippen molar-refractivity contribution in [1.82, 2.24) is 9.88 Å². The number of Topliss-reactive ketones (excluding diaryl/α,β-unsaturated/α-hetero) is 1. The molecular formula is C16H24N2O. The van der Waals surface area contributed by atoms with Crippen LogP contribution >= 0.6 is 0 Å². The van der Waals surface area contributed by atoms with E-state index in [0.29, 0.717) is 5.78 Å². The summed E-state index contributed by atoms with van der Waals surface area (Å²) in [7, 11) is 2.12. The molecule has 0 aromatic carbocycles. The Morgan fingerprint density at radius 1 is 1.26 bits per heavy atom. The highest BCUT2D eigenvalue weighted by atomic mass is 16.1. The van der Waals surface area contributed by atoms with Crippen LogP contribution in [0.15, 0.2) is 24.5 Å². The van der Waals surface area contributed by atoms with Crippen LogP contribution in [0.1, 0.15) is 37.7 Å². The van der Waals surface area contributed by atoms with E-state index >= 15 is 0 Å². The lowest BCUT2D eigenvalue weighted by Gasteiger charge is -2.22. The van der Waals surface area contributed by atoms with Gasteiger partial charge in [0.2, 0.25) is 0 Å². The summed E-state index contributed by atoms with van der Waals surface area (Å²) < 4.78 is 0. The second-order valence-electron chi connectivity index (χ2n) is 5.63. The molecule has 1 aromatic rings. The summed E-state index contributed by atoms with van der Waals surface area (Å²) in [5, 5.41) is 0. The van der Waals surface area contributed by atoms with Crippen molar-refractivity contribution >= 4 is 5.78 Å². The van der Waals surface area contributed by atoms with Gasteiger partial charge in [0, 0.05) is 37.8 Å². The summed E-state index contributed by atoms with van der Waals surface area (Å²) >= 11 is 0. The fraction of sp³-hybridized carbons (Fsp3) is 0.625. The molecule has 0 bridgehead atoms. The van der Waals surface area contributed by atoms with Gasteiger partial charge >= 0.3 is 0 Å². The van der Waals surface area contributed by atoms with Crippen molar-refractivity contribution < 1.29 is 4.79 Å². The van der Waals surface area contributed by atoms with Gasteiger partial charge in [-0.05, 0) is 44.0 Å². The number of ketones is 1. The molecule has 1 aliphatic carbocycles. The summed E-state index contributed by atoms with van der Waals surface area (Å²) in [5.74, 6) is 0.748. The fourth-order valence-corrected chi connectivity index (χ4v) is 2.76. The van der Waals surface area contributed by atoms with Crippen LogP contribution in [0, 0.1) is 5.92 Å². The van der Waals surface area contributed by atoms with Crippen LogP contribution in [-0.4, -0.2) is 35.8 Å². The predicted octanol–water partition coefficient (Wildman–Crippen LogP) is 2.71. The first-order valence-corrected chi connectivity index (χ1v) is 7.36. The maximum absolute atomic E-state index is 12.0. The van der Waals surface area contributed by atoms with Gasteiger partial charge in [0.15, 0.2) is 0 Å². The lowest BCUT2D eigenvalue weighted by Crippen LogP contribution is -2.31. The van der Waals surface area contributed by atoms with Crippen molar-refractivity contribution in [3.8, 4) is 0 Å². The maximum atomic E-state index is 12.0. The third kappa shape index (κ3) is 4.75. The number of carbonyl (C=O) groups excluding carboxylic acids is 1. The molecule has 104 valence electrons. The number of hydrogen-bond acceptors (Lipinski definition) is 3. The van der Waals surface area contributed by atoms with Crippen molar-refractivity contribution in [2.24, 2.45) is 5.92 Å². The zero-order valence-corrected chi connectivity index (χ0v) is 11.8. The Hall–Kier alpha value is -1.22. The molecule has 1 unspecified atom stereocenters. The Morgan fingerprint density at radius 2 is 2.05 bits per heavy atom. The average Bonchev–Trinajstić information content (AvgIpc) is 2.63. The van der Waals surface area contributed by atoms with Crippen LogP contribution in [-0.2, 0) is 11.2 Å². The van der Waals surface area contributed by atoms with Crippen LogP contribution in [0.4, 0.5) is 0 Å². The molecule has 1 fully saturated rings. The molecule has 2 rings (SSSR count). The highest BCUT2D eigenvalue weighted by Crippen LogP contribution is 2.20. The van der Waals surface area contributed by atoms with E-state index in [1.54, 1.807) is 0 Å². The Labute approximate surface area is 116 Å². The van der Waals surface area contributed by atoms with Crippen molar-refractivity contribution in [2.75, 3.05) is 20.1 Å². The van der Waals surface area contributed by atoms with Crippen LogP contribution in [0.3, 0.4) is 0 Å². The number of rotatable bonds is 5. The molecular weight excluding hydrogens is 236 g/mol. The molecule has 0 spiro atoms. The van der Waals surface area contributed by atoms with E-state index in [9.17, 15) is 4.79 Å². The second-order valence-corrected chi connectivity index (χ2v) is 5.63. The van der Waals surface area contributed by atoms with Gasteiger partial charge in [0.05, 0.1) is 0 Å². The number of hydrogen-bond donors (Lipinski definition) is 0. The Kier molecular flexibility index (Phi) is 5.52. The molecule has 1 atom stereocenters. The molecule has 1 saturated carbocycles. The van der Waals surface area contributed by atoms with Gasteiger partial charge < -0.3 is 4.90 Å². The number of nitrogens with zero attached hydrogens (tertiary/aromatic N) is 2. The topological polar surface area (TPSA) is 33.2 Å². The van der Waals surface area contributed by atoms with Gasteiger partial charge in [0.1, 0.15) is 5.78 Å². The van der Waals surface area contributed by atoms with E-state index < -0.39 is 0 Å². The van der Waals surface area contributed by atoms with E-state index in [1.165, 1.54) is 18.4 Å². The minimum absolute atomic E-state index is 0.268.